The summed E-state index contributed by atoms with van der Waals surface area (Å²) in [5, 5.41) is 5.92. The highest BCUT2D eigenvalue weighted by Crippen LogP contribution is 2.31. The van der Waals surface area contributed by atoms with Crippen molar-refractivity contribution in [1.29, 1.82) is 0 Å². The molecule has 0 aromatic heterocycles. The van der Waals surface area contributed by atoms with E-state index in [-0.39, 0.29) is 11.9 Å². The first-order valence-electron chi connectivity index (χ1n) is 8.92. The second kappa shape index (κ2) is 8.74. The van der Waals surface area contributed by atoms with Crippen LogP contribution in [0.4, 0.5) is 4.79 Å². The molecule has 0 atom stereocenters. The van der Waals surface area contributed by atoms with E-state index >= 15 is 0 Å². The molecule has 1 aromatic carbocycles. The Morgan fingerprint density at radius 2 is 1.80 bits per heavy atom. The molecule has 2 rings (SSSR count). The molecule has 1 fully saturated rings. The maximum absolute atomic E-state index is 12.6. The number of carbonyl (C=O) groups is 2. The summed E-state index contributed by atoms with van der Waals surface area (Å²) < 4.78 is 5.14. The van der Waals surface area contributed by atoms with Crippen molar-refractivity contribution in [2.24, 2.45) is 5.41 Å². The van der Waals surface area contributed by atoms with Gasteiger partial charge in [0.05, 0.1) is 7.11 Å². The molecule has 6 nitrogen and oxygen atoms in total. The SMILES string of the molecule is CCCNC(=O)N1CCC(C)(C(=O)NCc2ccc(OC)cc2)CC1. The number of urea groups is 1. The number of carbonyl (C=O) groups excluding carboxylic acids is 2. The maximum Gasteiger partial charge on any atom is 0.317 e. The van der Waals surface area contributed by atoms with Crippen molar-refractivity contribution in [3.63, 3.8) is 0 Å². The largest absolute Gasteiger partial charge is 0.497 e. The predicted molar refractivity (Wildman–Crippen MR) is 97.4 cm³/mol. The zero-order valence-electron chi connectivity index (χ0n) is 15.4. The van der Waals surface area contributed by atoms with Gasteiger partial charge in [0.1, 0.15) is 5.75 Å². The van der Waals surface area contributed by atoms with Gasteiger partial charge in [-0.15, -0.1) is 0 Å². The number of rotatable bonds is 6. The van der Waals surface area contributed by atoms with Gasteiger partial charge in [-0.2, -0.15) is 0 Å². The van der Waals surface area contributed by atoms with Crippen LogP contribution in [-0.4, -0.2) is 43.6 Å². The van der Waals surface area contributed by atoms with Gasteiger partial charge in [0.15, 0.2) is 0 Å². The number of nitrogens with one attached hydrogen (secondary N) is 2. The molecule has 0 unspecified atom stereocenters. The highest BCUT2D eigenvalue weighted by atomic mass is 16.5. The Hall–Kier alpha value is -2.24. The molecule has 6 heteroatoms. The molecule has 0 bridgehead atoms. The minimum absolute atomic E-state index is 0.0254. The molecular formula is C19H29N3O3. The van der Waals surface area contributed by atoms with Crippen LogP contribution in [0.3, 0.4) is 0 Å². The summed E-state index contributed by atoms with van der Waals surface area (Å²) in [4.78, 5) is 26.4. The first-order valence-corrected chi connectivity index (χ1v) is 8.92. The average Bonchev–Trinajstić information content (AvgIpc) is 2.65. The molecule has 25 heavy (non-hydrogen) atoms. The van der Waals surface area contributed by atoms with Crippen molar-refractivity contribution in [3.8, 4) is 5.75 Å². The first-order chi connectivity index (χ1) is 12.0. The molecule has 0 saturated carbocycles. The summed E-state index contributed by atoms with van der Waals surface area (Å²) in [6.07, 6.45) is 2.28. The van der Waals surface area contributed by atoms with E-state index in [0.29, 0.717) is 39.0 Å². The molecule has 2 N–H and O–H groups in total. The number of likely N-dealkylation sites (tertiary alicyclic amines) is 1. The summed E-state index contributed by atoms with van der Waals surface area (Å²) in [6, 6.07) is 7.64. The number of ether oxygens (including phenoxy) is 1. The Balaban J connectivity index is 1.82. The summed E-state index contributed by atoms with van der Waals surface area (Å²) in [6.45, 7) is 6.43. The van der Waals surface area contributed by atoms with Gasteiger partial charge < -0.3 is 20.3 Å². The van der Waals surface area contributed by atoms with Crippen molar-refractivity contribution in [2.75, 3.05) is 26.7 Å². The quantitative estimate of drug-likeness (QED) is 0.831. The number of amides is 3. The third-order valence-corrected chi connectivity index (χ3v) is 4.84. The second-order valence-electron chi connectivity index (χ2n) is 6.81. The minimum atomic E-state index is -0.423. The van der Waals surface area contributed by atoms with Gasteiger partial charge in [-0.1, -0.05) is 26.0 Å². The standard InChI is InChI=1S/C19H29N3O3/c1-4-11-20-18(24)22-12-9-19(2,10-13-22)17(23)21-14-15-5-7-16(25-3)8-6-15/h5-8H,4,9-14H2,1-3H3,(H,20,24)(H,21,23). The Labute approximate surface area is 149 Å². The fourth-order valence-electron chi connectivity index (χ4n) is 2.91. The van der Waals surface area contributed by atoms with Crippen LogP contribution in [0.2, 0.25) is 0 Å². The van der Waals surface area contributed by atoms with Crippen molar-refractivity contribution in [1.82, 2.24) is 15.5 Å². The van der Waals surface area contributed by atoms with Gasteiger partial charge in [0, 0.05) is 31.6 Å². The molecule has 1 aliphatic heterocycles. The van der Waals surface area contributed by atoms with Crippen LogP contribution in [-0.2, 0) is 11.3 Å². The average molecular weight is 347 g/mol. The number of hydrogen-bond acceptors (Lipinski definition) is 3. The minimum Gasteiger partial charge on any atom is -0.497 e. The van der Waals surface area contributed by atoms with E-state index in [9.17, 15) is 9.59 Å². The van der Waals surface area contributed by atoms with Gasteiger partial charge in [-0.05, 0) is 37.0 Å². The second-order valence-corrected chi connectivity index (χ2v) is 6.81. The van der Waals surface area contributed by atoms with E-state index in [1.54, 1.807) is 12.0 Å². The van der Waals surface area contributed by atoms with Crippen molar-refractivity contribution in [2.45, 2.75) is 39.7 Å². The van der Waals surface area contributed by atoms with E-state index < -0.39 is 5.41 Å². The van der Waals surface area contributed by atoms with Gasteiger partial charge in [-0.25, -0.2) is 4.79 Å². The Morgan fingerprint density at radius 3 is 2.36 bits per heavy atom. The topological polar surface area (TPSA) is 70.7 Å². The zero-order chi connectivity index (χ0) is 18.3. The Kier molecular flexibility index (Phi) is 6.67. The Morgan fingerprint density at radius 1 is 1.16 bits per heavy atom. The van der Waals surface area contributed by atoms with E-state index in [0.717, 1.165) is 17.7 Å². The zero-order valence-corrected chi connectivity index (χ0v) is 15.4. The highest BCUT2D eigenvalue weighted by Gasteiger charge is 2.37. The van der Waals surface area contributed by atoms with Gasteiger partial charge in [0.25, 0.3) is 0 Å². The number of piperidine rings is 1. The number of benzene rings is 1. The van der Waals surface area contributed by atoms with Crippen LogP contribution >= 0.6 is 0 Å². The summed E-state index contributed by atoms with van der Waals surface area (Å²) in [5.74, 6) is 0.854. The van der Waals surface area contributed by atoms with Crippen LogP contribution in [0.25, 0.3) is 0 Å². The first kappa shape index (κ1) is 19.1. The van der Waals surface area contributed by atoms with Gasteiger partial charge in [-0.3, -0.25) is 4.79 Å². The third kappa shape index (κ3) is 5.11. The lowest BCUT2D eigenvalue weighted by atomic mass is 9.79. The lowest BCUT2D eigenvalue weighted by molar-refractivity contribution is -0.132. The van der Waals surface area contributed by atoms with E-state index in [1.165, 1.54) is 0 Å². The molecule has 138 valence electrons. The lowest BCUT2D eigenvalue weighted by Crippen LogP contribution is -2.51. The van der Waals surface area contributed by atoms with Gasteiger partial charge in [0.2, 0.25) is 5.91 Å². The number of methoxy groups -OCH3 is 1. The van der Waals surface area contributed by atoms with E-state index in [2.05, 4.69) is 10.6 Å². The van der Waals surface area contributed by atoms with Crippen LogP contribution in [0.5, 0.6) is 5.75 Å². The molecule has 1 heterocycles. The molecule has 0 spiro atoms. The summed E-state index contributed by atoms with van der Waals surface area (Å²) in [7, 11) is 1.63. The van der Waals surface area contributed by atoms with Crippen LogP contribution in [0, 0.1) is 5.41 Å². The third-order valence-electron chi connectivity index (χ3n) is 4.84. The summed E-state index contributed by atoms with van der Waals surface area (Å²) in [5.41, 5.74) is 0.614. The smallest absolute Gasteiger partial charge is 0.317 e. The normalized spacial score (nSPS) is 16.2. The summed E-state index contributed by atoms with van der Waals surface area (Å²) >= 11 is 0. The predicted octanol–water partition coefficient (Wildman–Crippen LogP) is 2.53. The van der Waals surface area contributed by atoms with Gasteiger partial charge >= 0.3 is 6.03 Å². The molecule has 0 radical (unpaired) electrons. The molecule has 1 aliphatic rings. The van der Waals surface area contributed by atoms with Crippen molar-refractivity contribution < 1.29 is 14.3 Å². The molecule has 0 aliphatic carbocycles. The number of hydrogen-bond donors (Lipinski definition) is 2. The van der Waals surface area contributed by atoms with Crippen LogP contribution < -0.4 is 15.4 Å². The monoisotopic (exact) mass is 347 g/mol. The Bertz CT molecular complexity index is 578. The number of nitrogens with zero attached hydrogens (tertiary/aromatic N) is 1. The van der Waals surface area contributed by atoms with Crippen LogP contribution in [0.15, 0.2) is 24.3 Å². The lowest BCUT2D eigenvalue weighted by Gasteiger charge is -2.38. The molecule has 1 aromatic rings. The molecule has 1 saturated heterocycles. The molecule has 3 amide bonds. The van der Waals surface area contributed by atoms with Crippen molar-refractivity contribution >= 4 is 11.9 Å². The fourth-order valence-corrected chi connectivity index (χ4v) is 2.91. The van der Waals surface area contributed by atoms with Crippen LogP contribution in [0.1, 0.15) is 38.7 Å². The highest BCUT2D eigenvalue weighted by molar-refractivity contribution is 5.83. The maximum atomic E-state index is 12.6. The van der Waals surface area contributed by atoms with Crippen molar-refractivity contribution in [3.05, 3.63) is 29.8 Å². The molecular weight excluding hydrogens is 318 g/mol. The van der Waals surface area contributed by atoms with E-state index in [1.807, 2.05) is 38.1 Å². The van der Waals surface area contributed by atoms with E-state index in [4.69, 9.17) is 4.74 Å². The fraction of sp³-hybridized carbons (Fsp3) is 0.579.